The summed E-state index contributed by atoms with van der Waals surface area (Å²) in [4.78, 5) is 10.7. The third-order valence-corrected chi connectivity index (χ3v) is 1.82. The van der Waals surface area contributed by atoms with Crippen molar-refractivity contribution in [3.8, 4) is 5.75 Å². The summed E-state index contributed by atoms with van der Waals surface area (Å²) < 4.78 is 17.4. The van der Waals surface area contributed by atoms with Crippen molar-refractivity contribution >= 4 is 18.9 Å². The number of carbonyl (C=O) groups excluding carboxylic acids is 1. The number of halogens is 1. The minimum absolute atomic E-state index is 0.0337. The normalized spacial score (nSPS) is 9.22. The molecular formula is C10H13BFNO4W. The SMILES string of the molecule is CC(C)Oc1ccc(B(O)O)cc1C=O.F[N]=[W]. The molecule has 18 heavy (non-hydrogen) atoms. The molecule has 0 aromatic heterocycles. The summed E-state index contributed by atoms with van der Waals surface area (Å²) in [5.41, 5.74) is 0.586. The van der Waals surface area contributed by atoms with Crippen LogP contribution in [-0.4, -0.2) is 29.6 Å². The first-order valence-electron chi connectivity index (χ1n) is 5.01. The molecule has 0 radical (unpaired) electrons. The number of ether oxygens (including phenoxy) is 1. The van der Waals surface area contributed by atoms with Gasteiger partial charge in [0.05, 0.1) is 11.7 Å². The van der Waals surface area contributed by atoms with Crippen molar-refractivity contribution in [1.82, 2.24) is 0 Å². The van der Waals surface area contributed by atoms with Gasteiger partial charge in [-0.05, 0) is 31.4 Å². The zero-order valence-electron chi connectivity index (χ0n) is 9.91. The average molecular weight is 425 g/mol. The van der Waals surface area contributed by atoms with Gasteiger partial charge < -0.3 is 14.8 Å². The Bertz CT molecular complexity index is 403. The molecule has 0 aliphatic heterocycles. The van der Waals surface area contributed by atoms with Crippen molar-refractivity contribution in [2.75, 3.05) is 0 Å². The van der Waals surface area contributed by atoms with E-state index in [1.807, 2.05) is 13.8 Å². The molecule has 1 aromatic carbocycles. The zero-order chi connectivity index (χ0) is 14.1. The number of carbonyl (C=O) groups is 1. The second-order valence-corrected chi connectivity index (χ2v) is 4.02. The molecule has 8 heteroatoms. The fourth-order valence-electron chi connectivity index (χ4n) is 1.18. The predicted molar refractivity (Wildman–Crippen MR) is 61.0 cm³/mol. The number of hydrogen-bond acceptors (Lipinski definition) is 5. The molecule has 0 unspecified atom stereocenters. The Morgan fingerprint density at radius 3 is 2.44 bits per heavy atom. The molecule has 0 fully saturated rings. The van der Waals surface area contributed by atoms with Gasteiger partial charge in [-0.3, -0.25) is 4.79 Å². The number of hydrogen-bond donors (Lipinski definition) is 2. The van der Waals surface area contributed by atoms with Crippen molar-refractivity contribution in [1.29, 1.82) is 0 Å². The molecule has 1 aromatic rings. The van der Waals surface area contributed by atoms with Crippen molar-refractivity contribution in [2.24, 2.45) is 3.72 Å². The van der Waals surface area contributed by atoms with Crippen LogP contribution in [0, 0.1) is 0 Å². The van der Waals surface area contributed by atoms with Crippen molar-refractivity contribution in [3.63, 3.8) is 0 Å². The van der Waals surface area contributed by atoms with E-state index in [0.29, 0.717) is 37.2 Å². The molecule has 0 aliphatic rings. The molecule has 0 bridgehead atoms. The van der Waals surface area contributed by atoms with Gasteiger partial charge in [0.15, 0.2) is 6.29 Å². The Morgan fingerprint density at radius 2 is 2.06 bits per heavy atom. The molecule has 0 saturated heterocycles. The molecule has 0 spiro atoms. The monoisotopic (exact) mass is 425 g/mol. The Balaban J connectivity index is 0.000000873. The van der Waals surface area contributed by atoms with Gasteiger partial charge in [-0.2, -0.15) is 0 Å². The van der Waals surface area contributed by atoms with E-state index in [9.17, 15) is 9.28 Å². The average Bonchev–Trinajstić information content (AvgIpc) is 2.29. The summed E-state index contributed by atoms with van der Waals surface area (Å²) in [5, 5.41) is 17.8. The van der Waals surface area contributed by atoms with Crippen LogP contribution in [0.5, 0.6) is 5.75 Å². The van der Waals surface area contributed by atoms with Gasteiger partial charge >= 0.3 is 34.9 Å². The molecule has 2 N–H and O–H groups in total. The van der Waals surface area contributed by atoms with E-state index in [1.165, 1.54) is 12.1 Å². The summed E-state index contributed by atoms with van der Waals surface area (Å²) in [6.07, 6.45) is 0.595. The zero-order valence-corrected chi connectivity index (χ0v) is 12.8. The summed E-state index contributed by atoms with van der Waals surface area (Å²) in [5.74, 6) is 0.449. The van der Waals surface area contributed by atoms with Crippen molar-refractivity contribution in [3.05, 3.63) is 23.8 Å². The summed E-state index contributed by atoms with van der Waals surface area (Å²) in [6.45, 7) is 3.70. The number of nitrogens with zero attached hydrogens (tertiary/aromatic N) is 1. The van der Waals surface area contributed by atoms with E-state index in [2.05, 4.69) is 3.72 Å². The van der Waals surface area contributed by atoms with E-state index in [0.717, 1.165) is 0 Å². The fourth-order valence-corrected chi connectivity index (χ4v) is 1.18. The predicted octanol–water partition coefficient (Wildman–Crippen LogP) is 0.567. The maximum absolute atomic E-state index is 10.7. The van der Waals surface area contributed by atoms with Crippen LogP contribution in [0.3, 0.4) is 0 Å². The Hall–Kier alpha value is -0.907. The first-order valence-corrected chi connectivity index (χ1v) is 6.33. The van der Waals surface area contributed by atoms with Crippen LogP contribution in [-0.2, 0) is 19.6 Å². The molecule has 0 aliphatic carbocycles. The van der Waals surface area contributed by atoms with E-state index >= 15 is 0 Å². The summed E-state index contributed by atoms with van der Waals surface area (Å²) >= 11 is 0.630. The van der Waals surface area contributed by atoms with E-state index in [-0.39, 0.29) is 11.6 Å². The van der Waals surface area contributed by atoms with Gasteiger partial charge in [-0.1, -0.05) is 6.07 Å². The van der Waals surface area contributed by atoms with Crippen LogP contribution in [0.1, 0.15) is 24.2 Å². The van der Waals surface area contributed by atoms with E-state index < -0.39 is 7.12 Å². The van der Waals surface area contributed by atoms with Crippen LogP contribution in [0.2, 0.25) is 0 Å². The molecule has 5 nitrogen and oxygen atoms in total. The minimum atomic E-state index is -1.57. The van der Waals surface area contributed by atoms with Gasteiger partial charge in [-0.25, -0.2) is 0 Å². The quantitative estimate of drug-likeness (QED) is 0.547. The number of rotatable bonds is 4. The van der Waals surface area contributed by atoms with E-state index in [4.69, 9.17) is 14.8 Å². The standard InChI is InChI=1S/C10H13BO4.FN.W/c1-7(2)15-10-4-3-9(11(13)14)5-8(10)6-12;1-2;/h3-7,13-14H,1-2H3;;. The Labute approximate surface area is 116 Å². The number of benzene rings is 1. The summed E-state index contributed by atoms with van der Waals surface area (Å²) in [7, 11) is -1.57. The topological polar surface area (TPSA) is 79.1 Å². The molecular weight excluding hydrogens is 412 g/mol. The van der Waals surface area contributed by atoms with Crippen LogP contribution >= 0.6 is 0 Å². The molecule has 0 saturated carbocycles. The van der Waals surface area contributed by atoms with Crippen LogP contribution in [0.4, 0.5) is 4.48 Å². The first kappa shape index (κ1) is 17.1. The van der Waals surface area contributed by atoms with Crippen molar-refractivity contribution < 1.29 is 43.7 Å². The van der Waals surface area contributed by atoms with Crippen LogP contribution in [0.15, 0.2) is 21.9 Å². The first-order chi connectivity index (χ1) is 8.46. The molecule has 0 amide bonds. The molecule has 98 valence electrons. The summed E-state index contributed by atoms with van der Waals surface area (Å²) in [6, 6.07) is 4.46. The maximum atomic E-state index is 10.7. The fraction of sp³-hybridized carbons (Fsp3) is 0.300. The van der Waals surface area contributed by atoms with Crippen LogP contribution < -0.4 is 10.2 Å². The molecule has 0 atom stereocenters. The second-order valence-electron chi connectivity index (χ2n) is 3.52. The number of aldehydes is 1. The molecule has 0 heterocycles. The van der Waals surface area contributed by atoms with Gasteiger partial charge in [0.25, 0.3) is 0 Å². The Kier molecular flexibility index (Phi) is 8.62. The van der Waals surface area contributed by atoms with Crippen molar-refractivity contribution in [2.45, 2.75) is 20.0 Å². The van der Waals surface area contributed by atoms with Crippen LogP contribution in [0.25, 0.3) is 0 Å². The van der Waals surface area contributed by atoms with Gasteiger partial charge in [-0.15, -0.1) is 0 Å². The van der Waals surface area contributed by atoms with Gasteiger partial charge in [0.2, 0.25) is 0 Å². The third-order valence-electron chi connectivity index (χ3n) is 1.82. The van der Waals surface area contributed by atoms with Gasteiger partial charge in [0.1, 0.15) is 5.75 Å². The second kappa shape index (κ2) is 9.08. The Morgan fingerprint density at radius 1 is 1.50 bits per heavy atom. The van der Waals surface area contributed by atoms with Gasteiger partial charge in [0, 0.05) is 0 Å². The third kappa shape index (κ3) is 6.14. The molecule has 1 rings (SSSR count). The van der Waals surface area contributed by atoms with E-state index in [1.54, 1.807) is 6.07 Å².